The van der Waals surface area contributed by atoms with Gasteiger partial charge in [-0.1, -0.05) is 90.4 Å². The fourth-order valence-electron chi connectivity index (χ4n) is 2.47. The minimum absolute atomic E-state index is 0. The molecule has 4 N–H and O–H groups in total. The normalized spacial score (nSPS) is 11.4. The van der Waals surface area contributed by atoms with E-state index in [1.165, 1.54) is 70.6 Å². The molecule has 136 valence electrons. The maximum absolute atomic E-state index is 10.2. The first kappa shape index (κ1) is 24.3. The lowest BCUT2D eigenvalue weighted by atomic mass is 10.0. The van der Waals surface area contributed by atoms with Gasteiger partial charge in [0.15, 0.2) is 0 Å². The highest BCUT2D eigenvalue weighted by Gasteiger charge is 1.95. The van der Waals surface area contributed by atoms with Gasteiger partial charge in [-0.25, -0.2) is 0 Å². The molecule has 0 aromatic carbocycles. The first-order valence-corrected chi connectivity index (χ1v) is 10.2. The lowest BCUT2D eigenvalue weighted by Crippen LogP contribution is -2.16. The van der Waals surface area contributed by atoms with E-state index >= 15 is 0 Å². The van der Waals surface area contributed by atoms with Crippen molar-refractivity contribution in [3.8, 4) is 0 Å². The molecule has 0 unspecified atom stereocenters. The number of hydrogen-bond acceptors (Lipinski definition) is 4. The first-order chi connectivity index (χ1) is 10.1. The third-order valence-electron chi connectivity index (χ3n) is 3.75. The molecule has 0 saturated heterocycles. The van der Waals surface area contributed by atoms with E-state index in [1.54, 1.807) is 0 Å². The van der Waals surface area contributed by atoms with Crippen LogP contribution in [0.15, 0.2) is 0 Å². The molecule has 0 heterocycles. The highest BCUT2D eigenvalue weighted by Crippen LogP contribution is 2.24. The Morgan fingerprint density at radius 3 is 1.32 bits per heavy atom. The Morgan fingerprint density at radius 1 is 0.682 bits per heavy atom. The van der Waals surface area contributed by atoms with Crippen LogP contribution in [0.1, 0.15) is 96.8 Å². The van der Waals surface area contributed by atoms with Crippen LogP contribution in [0.25, 0.3) is 0 Å². The van der Waals surface area contributed by atoms with Gasteiger partial charge in [-0.2, -0.15) is 0 Å². The van der Waals surface area contributed by atoms with Gasteiger partial charge in [0.2, 0.25) is 0 Å². The summed E-state index contributed by atoms with van der Waals surface area (Å²) in [6.07, 6.45) is 17.4. The van der Waals surface area contributed by atoms with Crippen LogP contribution < -0.4 is 15.9 Å². The van der Waals surface area contributed by atoms with Crippen molar-refractivity contribution in [2.75, 3.05) is 6.61 Å². The van der Waals surface area contributed by atoms with Gasteiger partial charge < -0.3 is 25.0 Å². The van der Waals surface area contributed by atoms with Crippen LogP contribution >= 0.6 is 7.82 Å². The molecule has 0 fully saturated rings. The van der Waals surface area contributed by atoms with Gasteiger partial charge in [0.05, 0.1) is 14.4 Å². The van der Waals surface area contributed by atoms with Gasteiger partial charge in [0.25, 0.3) is 0 Å². The van der Waals surface area contributed by atoms with Crippen LogP contribution in [0.4, 0.5) is 0 Å². The number of unbranched alkanes of at least 4 members (excludes halogenated alkanes) is 13. The molecular formula is C16H37NO4P-. The molecule has 0 spiro atoms. The van der Waals surface area contributed by atoms with Crippen molar-refractivity contribution in [2.45, 2.75) is 96.8 Å². The molecule has 0 aromatic rings. The predicted octanol–water partition coefficient (Wildman–Crippen LogP) is 4.69. The zero-order valence-corrected chi connectivity index (χ0v) is 15.6. The number of rotatable bonds is 16. The Bertz CT molecular complexity index is 259. The highest BCUT2D eigenvalue weighted by atomic mass is 31.2. The van der Waals surface area contributed by atoms with E-state index in [2.05, 4.69) is 11.4 Å². The monoisotopic (exact) mass is 338 g/mol. The molecule has 0 aromatic heterocycles. The SMILES string of the molecule is CCCCCCCCCCCCCCCCOP(=O)([O-])[O-].[NH4+]. The second-order valence-electron chi connectivity index (χ2n) is 5.88. The van der Waals surface area contributed by atoms with Crippen LogP contribution in [0, 0.1) is 0 Å². The summed E-state index contributed by atoms with van der Waals surface area (Å²) in [5.74, 6) is 0. The number of phosphoric acid groups is 1. The number of phosphoric ester groups is 1. The minimum Gasteiger partial charge on any atom is -0.790 e. The van der Waals surface area contributed by atoms with Crippen LogP contribution in [0.3, 0.4) is 0 Å². The van der Waals surface area contributed by atoms with E-state index in [9.17, 15) is 14.4 Å². The molecule has 0 rings (SSSR count). The van der Waals surface area contributed by atoms with Crippen LogP contribution in [0.2, 0.25) is 0 Å². The summed E-state index contributed by atoms with van der Waals surface area (Å²) in [6, 6.07) is 0. The summed E-state index contributed by atoms with van der Waals surface area (Å²) in [7, 11) is -4.75. The maximum Gasteiger partial charge on any atom is 0.0596 e. The molecule has 6 heteroatoms. The second kappa shape index (κ2) is 17.4. The van der Waals surface area contributed by atoms with Gasteiger partial charge in [-0.15, -0.1) is 0 Å². The zero-order valence-electron chi connectivity index (χ0n) is 14.7. The fourth-order valence-corrected chi connectivity index (χ4v) is 2.83. The molecule has 0 radical (unpaired) electrons. The van der Waals surface area contributed by atoms with Crippen molar-refractivity contribution in [1.82, 2.24) is 6.15 Å². The van der Waals surface area contributed by atoms with Crippen molar-refractivity contribution >= 4 is 7.82 Å². The second-order valence-corrected chi connectivity index (χ2v) is 7.03. The van der Waals surface area contributed by atoms with E-state index < -0.39 is 7.82 Å². The molecule has 0 aliphatic heterocycles. The quantitative estimate of drug-likeness (QED) is 0.325. The minimum atomic E-state index is -4.75. The van der Waals surface area contributed by atoms with Crippen molar-refractivity contribution in [3.05, 3.63) is 0 Å². The van der Waals surface area contributed by atoms with E-state index in [4.69, 9.17) is 0 Å². The first-order valence-electron chi connectivity index (χ1n) is 8.73. The lowest BCUT2D eigenvalue weighted by Gasteiger charge is -2.28. The smallest absolute Gasteiger partial charge is 0.0596 e. The molecule has 0 atom stereocenters. The summed E-state index contributed by atoms with van der Waals surface area (Å²) in [5.41, 5.74) is 0. The maximum atomic E-state index is 10.2. The van der Waals surface area contributed by atoms with E-state index in [0.717, 1.165) is 12.8 Å². The fraction of sp³-hybridized carbons (Fsp3) is 1.00. The standard InChI is InChI=1S/C16H35O4P.H3N/c1-2-3-4-5-6-7-8-9-10-11-12-13-14-15-16-20-21(17,18)19;/h2-16H2,1H3,(H2,17,18,19);1H3/p-1. The topological polar surface area (TPSA) is 109 Å². The van der Waals surface area contributed by atoms with Crippen molar-refractivity contribution in [2.24, 2.45) is 0 Å². The van der Waals surface area contributed by atoms with E-state index in [1.807, 2.05) is 0 Å². The third-order valence-corrected chi connectivity index (χ3v) is 4.25. The summed E-state index contributed by atoms with van der Waals surface area (Å²) in [4.78, 5) is 20.4. The highest BCUT2D eigenvalue weighted by molar-refractivity contribution is 7.43. The number of quaternary nitrogens is 1. The van der Waals surface area contributed by atoms with E-state index in [-0.39, 0.29) is 12.8 Å². The molecule has 0 aliphatic carbocycles. The largest absolute Gasteiger partial charge is 0.790 e. The van der Waals surface area contributed by atoms with Gasteiger partial charge >= 0.3 is 0 Å². The van der Waals surface area contributed by atoms with Crippen LogP contribution in [0.5, 0.6) is 0 Å². The molecular weight excluding hydrogens is 301 g/mol. The molecule has 0 aliphatic rings. The molecule has 5 nitrogen and oxygen atoms in total. The third kappa shape index (κ3) is 22.4. The zero-order chi connectivity index (χ0) is 15.8. The molecule has 0 saturated carbocycles. The summed E-state index contributed by atoms with van der Waals surface area (Å²) >= 11 is 0. The Labute approximate surface area is 137 Å². The Kier molecular flexibility index (Phi) is 19.3. The van der Waals surface area contributed by atoms with Crippen LogP contribution in [-0.2, 0) is 9.09 Å². The average molecular weight is 338 g/mol. The lowest BCUT2D eigenvalue weighted by molar-refractivity contribution is -0.341. The molecule has 0 bridgehead atoms. The molecule has 0 amide bonds. The Hall–Kier alpha value is 0.0700. The predicted molar refractivity (Wildman–Crippen MR) is 89.9 cm³/mol. The van der Waals surface area contributed by atoms with Gasteiger partial charge in [0, 0.05) is 0 Å². The average Bonchev–Trinajstić information content (AvgIpc) is 2.42. The van der Waals surface area contributed by atoms with Crippen molar-refractivity contribution in [3.63, 3.8) is 0 Å². The van der Waals surface area contributed by atoms with Crippen molar-refractivity contribution in [1.29, 1.82) is 0 Å². The number of hydrogen-bond donors (Lipinski definition) is 1. The van der Waals surface area contributed by atoms with E-state index in [0.29, 0.717) is 6.42 Å². The van der Waals surface area contributed by atoms with Gasteiger partial charge in [0.1, 0.15) is 0 Å². The molecule has 22 heavy (non-hydrogen) atoms. The Balaban J connectivity index is 0. The summed E-state index contributed by atoms with van der Waals surface area (Å²) in [5, 5.41) is 0. The Morgan fingerprint density at radius 2 is 1.00 bits per heavy atom. The van der Waals surface area contributed by atoms with Gasteiger partial charge in [-0.3, -0.25) is 0 Å². The van der Waals surface area contributed by atoms with Gasteiger partial charge in [-0.05, 0) is 6.42 Å². The summed E-state index contributed by atoms with van der Waals surface area (Å²) in [6.45, 7) is 2.29. The summed E-state index contributed by atoms with van der Waals surface area (Å²) < 4.78 is 14.4. The van der Waals surface area contributed by atoms with Crippen molar-refractivity contribution < 1.29 is 18.9 Å². The van der Waals surface area contributed by atoms with Crippen LogP contribution in [-0.4, -0.2) is 6.61 Å².